The highest BCUT2D eigenvalue weighted by Crippen LogP contribution is 2.30. The largest absolute Gasteiger partial charge is 0.343 e. The maximum Gasteiger partial charge on any atom is 0.222 e. The summed E-state index contributed by atoms with van der Waals surface area (Å²) in [5.41, 5.74) is 0.428. The monoisotopic (exact) mass is 406 g/mol. The van der Waals surface area contributed by atoms with Gasteiger partial charge in [-0.15, -0.1) is 0 Å². The second-order valence-corrected chi connectivity index (χ2v) is 10.9. The van der Waals surface area contributed by atoms with E-state index in [-0.39, 0.29) is 11.1 Å². The molecule has 168 valence electrons. The third kappa shape index (κ3) is 6.67. The van der Waals surface area contributed by atoms with E-state index in [0.29, 0.717) is 5.91 Å². The molecule has 3 aliphatic rings. The summed E-state index contributed by atoms with van der Waals surface area (Å²) in [6.45, 7) is 17.6. The summed E-state index contributed by atoms with van der Waals surface area (Å²) < 4.78 is 0. The number of carbonyl (C=O) groups excluding carboxylic acids is 1. The Bertz CT molecular complexity index is 519. The Morgan fingerprint density at radius 3 is 2.24 bits per heavy atom. The molecule has 0 aliphatic carbocycles. The van der Waals surface area contributed by atoms with Gasteiger partial charge in [-0.25, -0.2) is 0 Å². The van der Waals surface area contributed by atoms with Gasteiger partial charge in [0, 0.05) is 49.7 Å². The van der Waals surface area contributed by atoms with Crippen molar-refractivity contribution < 1.29 is 4.79 Å². The highest BCUT2D eigenvalue weighted by molar-refractivity contribution is 5.77. The first-order chi connectivity index (χ1) is 13.8. The lowest BCUT2D eigenvalue weighted by Gasteiger charge is -2.46. The van der Waals surface area contributed by atoms with E-state index in [4.69, 9.17) is 0 Å². The molecule has 0 aromatic carbocycles. The number of amides is 1. The molecule has 0 radical (unpaired) electrons. The van der Waals surface area contributed by atoms with E-state index in [9.17, 15) is 4.79 Å². The topological polar surface area (TPSA) is 38.8 Å². The molecule has 0 spiro atoms. The van der Waals surface area contributed by atoms with Gasteiger partial charge in [0.25, 0.3) is 0 Å². The molecule has 1 amide bonds. The Morgan fingerprint density at radius 2 is 1.62 bits per heavy atom. The summed E-state index contributed by atoms with van der Waals surface area (Å²) >= 11 is 0. The van der Waals surface area contributed by atoms with E-state index in [0.717, 1.165) is 44.9 Å². The number of likely N-dealkylation sites (tertiary alicyclic amines) is 3. The summed E-state index contributed by atoms with van der Waals surface area (Å²) in [6, 6.07) is 0.838. The second-order valence-electron chi connectivity index (χ2n) is 10.9. The number of hydrogen-bond acceptors (Lipinski definition) is 4. The van der Waals surface area contributed by atoms with Crippen molar-refractivity contribution in [2.24, 2.45) is 0 Å². The molecule has 3 aliphatic heterocycles. The Labute approximate surface area is 179 Å². The highest BCUT2D eigenvalue weighted by Gasteiger charge is 2.34. The standard InChI is InChI=1S/C24H46N4O/c1-23(2,25-14-8-18-27-17-7-9-22(27)29)12-13-24(3,4)28-19-10-21(11-20-28)26-15-5-6-16-26/h21,25H,5-20H2,1-4H3. The van der Waals surface area contributed by atoms with Crippen molar-refractivity contribution in [3.05, 3.63) is 0 Å². The Hall–Kier alpha value is -0.650. The van der Waals surface area contributed by atoms with E-state index in [2.05, 4.69) is 42.8 Å². The number of nitrogens with zero attached hydrogens (tertiary/aromatic N) is 3. The summed E-state index contributed by atoms with van der Waals surface area (Å²) in [5.74, 6) is 0.347. The molecule has 29 heavy (non-hydrogen) atoms. The third-order valence-electron chi connectivity index (χ3n) is 7.72. The van der Waals surface area contributed by atoms with Gasteiger partial charge in [-0.1, -0.05) is 0 Å². The average Bonchev–Trinajstić information content (AvgIpc) is 3.36. The van der Waals surface area contributed by atoms with Crippen LogP contribution < -0.4 is 5.32 Å². The minimum atomic E-state index is 0.153. The molecule has 0 aromatic heterocycles. The first kappa shape index (κ1) is 23.0. The zero-order chi connectivity index (χ0) is 20.9. The molecule has 0 aromatic rings. The van der Waals surface area contributed by atoms with Crippen LogP contribution in [0.3, 0.4) is 0 Å². The van der Waals surface area contributed by atoms with E-state index in [1.807, 2.05) is 4.90 Å². The average molecular weight is 407 g/mol. The molecule has 3 saturated heterocycles. The predicted octanol–water partition coefficient (Wildman–Crippen LogP) is 3.49. The molecule has 5 nitrogen and oxygen atoms in total. The lowest BCUT2D eigenvalue weighted by molar-refractivity contribution is -0.127. The normalized spacial score (nSPS) is 23.4. The van der Waals surface area contributed by atoms with Crippen molar-refractivity contribution in [2.45, 2.75) is 103 Å². The van der Waals surface area contributed by atoms with Gasteiger partial charge >= 0.3 is 0 Å². The van der Waals surface area contributed by atoms with Gasteiger partial charge < -0.3 is 15.1 Å². The second kappa shape index (κ2) is 10.1. The Morgan fingerprint density at radius 1 is 0.931 bits per heavy atom. The van der Waals surface area contributed by atoms with Crippen LogP contribution in [0.2, 0.25) is 0 Å². The summed E-state index contributed by atoms with van der Waals surface area (Å²) in [7, 11) is 0. The minimum absolute atomic E-state index is 0.153. The number of nitrogens with one attached hydrogen (secondary N) is 1. The van der Waals surface area contributed by atoms with E-state index in [1.54, 1.807) is 0 Å². The predicted molar refractivity (Wildman–Crippen MR) is 121 cm³/mol. The molecule has 0 atom stereocenters. The lowest BCUT2D eigenvalue weighted by atomic mass is 9.86. The van der Waals surface area contributed by atoms with Crippen molar-refractivity contribution >= 4 is 5.91 Å². The first-order valence-electron chi connectivity index (χ1n) is 12.3. The van der Waals surface area contributed by atoms with Gasteiger partial charge in [-0.2, -0.15) is 0 Å². The van der Waals surface area contributed by atoms with Crippen LogP contribution in [0.25, 0.3) is 0 Å². The molecule has 3 heterocycles. The van der Waals surface area contributed by atoms with Gasteiger partial charge in [-0.05, 0) is 98.7 Å². The number of piperidine rings is 1. The summed E-state index contributed by atoms with van der Waals surface area (Å²) in [6.07, 6.45) is 10.8. The molecular formula is C24H46N4O. The van der Waals surface area contributed by atoms with E-state index < -0.39 is 0 Å². The first-order valence-corrected chi connectivity index (χ1v) is 12.3. The van der Waals surface area contributed by atoms with Crippen molar-refractivity contribution in [3.8, 4) is 0 Å². The minimum Gasteiger partial charge on any atom is -0.343 e. The lowest BCUT2D eigenvalue weighted by Crippen LogP contribution is -2.53. The van der Waals surface area contributed by atoms with Gasteiger partial charge in [0.2, 0.25) is 5.91 Å². The number of hydrogen-bond donors (Lipinski definition) is 1. The van der Waals surface area contributed by atoms with Crippen molar-refractivity contribution in [2.75, 3.05) is 45.8 Å². The van der Waals surface area contributed by atoms with Crippen LogP contribution in [0.1, 0.15) is 85.5 Å². The number of carbonyl (C=O) groups is 1. The Kier molecular flexibility index (Phi) is 8.02. The zero-order valence-corrected chi connectivity index (χ0v) is 19.6. The van der Waals surface area contributed by atoms with Gasteiger partial charge in [0.05, 0.1) is 0 Å². The number of rotatable bonds is 10. The maximum absolute atomic E-state index is 11.7. The van der Waals surface area contributed by atoms with Crippen LogP contribution >= 0.6 is 0 Å². The van der Waals surface area contributed by atoms with Crippen LogP contribution in [0, 0.1) is 0 Å². The maximum atomic E-state index is 11.7. The third-order valence-corrected chi connectivity index (χ3v) is 7.72. The van der Waals surface area contributed by atoms with E-state index in [1.165, 1.54) is 64.7 Å². The molecule has 3 fully saturated rings. The molecule has 3 rings (SSSR count). The fourth-order valence-electron chi connectivity index (χ4n) is 5.45. The summed E-state index contributed by atoms with van der Waals surface area (Å²) in [4.78, 5) is 19.2. The van der Waals surface area contributed by atoms with Crippen molar-refractivity contribution in [1.82, 2.24) is 20.0 Å². The quantitative estimate of drug-likeness (QED) is 0.564. The molecule has 1 N–H and O–H groups in total. The van der Waals surface area contributed by atoms with E-state index >= 15 is 0 Å². The molecular weight excluding hydrogens is 360 g/mol. The van der Waals surface area contributed by atoms with Crippen LogP contribution in [0.4, 0.5) is 0 Å². The Balaban J connectivity index is 1.34. The SMILES string of the molecule is CC(C)(CCC(C)(C)N1CCC(N2CCCC2)CC1)NCCCN1CCCC1=O. The van der Waals surface area contributed by atoms with Crippen molar-refractivity contribution in [1.29, 1.82) is 0 Å². The van der Waals surface area contributed by atoms with Gasteiger partial charge in [-0.3, -0.25) is 9.69 Å². The van der Waals surface area contributed by atoms with Crippen molar-refractivity contribution in [3.63, 3.8) is 0 Å². The van der Waals surface area contributed by atoms with Crippen LogP contribution in [-0.2, 0) is 4.79 Å². The molecule has 5 heteroatoms. The van der Waals surface area contributed by atoms with Crippen LogP contribution in [-0.4, -0.2) is 83.5 Å². The van der Waals surface area contributed by atoms with Gasteiger partial charge in [0.1, 0.15) is 0 Å². The molecule has 0 unspecified atom stereocenters. The summed E-state index contributed by atoms with van der Waals surface area (Å²) in [5, 5.41) is 3.75. The molecule has 0 bridgehead atoms. The fourth-order valence-corrected chi connectivity index (χ4v) is 5.45. The van der Waals surface area contributed by atoms with Gasteiger partial charge in [0.15, 0.2) is 0 Å². The smallest absolute Gasteiger partial charge is 0.222 e. The van der Waals surface area contributed by atoms with Crippen LogP contribution in [0.15, 0.2) is 0 Å². The molecule has 0 saturated carbocycles. The van der Waals surface area contributed by atoms with Crippen LogP contribution in [0.5, 0.6) is 0 Å². The fraction of sp³-hybridized carbons (Fsp3) is 0.958. The zero-order valence-electron chi connectivity index (χ0n) is 19.6. The highest BCUT2D eigenvalue weighted by atomic mass is 16.2.